The van der Waals surface area contributed by atoms with Crippen molar-refractivity contribution in [1.82, 2.24) is 9.88 Å². The molecule has 3 aromatic carbocycles. The molecule has 0 bridgehead atoms. The Morgan fingerprint density at radius 2 is 1.65 bits per heavy atom. The number of carbonyl (C=O) groups is 1. The Labute approximate surface area is 200 Å². The van der Waals surface area contributed by atoms with E-state index < -0.39 is 12.0 Å². The molecule has 4 aromatic rings. The quantitative estimate of drug-likeness (QED) is 0.352. The van der Waals surface area contributed by atoms with Crippen molar-refractivity contribution in [2.75, 3.05) is 13.1 Å². The fourth-order valence-electron chi connectivity index (χ4n) is 5.03. The summed E-state index contributed by atoms with van der Waals surface area (Å²) in [6.45, 7) is 2.08. The van der Waals surface area contributed by atoms with Gasteiger partial charge in [0.25, 0.3) is 0 Å². The molecule has 34 heavy (non-hydrogen) atoms. The summed E-state index contributed by atoms with van der Waals surface area (Å²) < 4.78 is 5.95. The van der Waals surface area contributed by atoms with E-state index >= 15 is 0 Å². The molecule has 0 radical (unpaired) electrons. The third-order valence-electron chi connectivity index (χ3n) is 6.84. The lowest BCUT2D eigenvalue weighted by Gasteiger charge is -2.35. The highest BCUT2D eigenvalue weighted by Crippen LogP contribution is 2.34. The van der Waals surface area contributed by atoms with Crippen LogP contribution in [0.3, 0.4) is 0 Å². The zero-order valence-corrected chi connectivity index (χ0v) is 19.2. The monoisotopic (exact) mass is 454 g/mol. The number of likely N-dealkylation sites (tertiary alicyclic amines) is 1. The summed E-state index contributed by atoms with van der Waals surface area (Å²) in [5.74, 6) is 0.561. The average molecular weight is 455 g/mol. The first-order valence-electron chi connectivity index (χ1n) is 12.0. The van der Waals surface area contributed by atoms with Crippen molar-refractivity contribution in [3.05, 3.63) is 102 Å². The minimum Gasteiger partial charge on any atom is -0.489 e. The van der Waals surface area contributed by atoms with Gasteiger partial charge in [0.05, 0.1) is 0 Å². The third-order valence-corrected chi connectivity index (χ3v) is 6.84. The number of piperidine rings is 1. The number of nitrogens with zero attached hydrogens (tertiary/aromatic N) is 1. The molecule has 0 amide bonds. The normalized spacial score (nSPS) is 15.9. The second-order valence-corrected chi connectivity index (χ2v) is 9.14. The molecule has 5 nitrogen and oxygen atoms in total. The van der Waals surface area contributed by atoms with Gasteiger partial charge in [-0.1, -0.05) is 60.7 Å². The Balaban J connectivity index is 1.27. The van der Waals surface area contributed by atoms with E-state index in [1.54, 1.807) is 0 Å². The number of aromatic amines is 1. The molecule has 1 aliphatic rings. The molecular formula is C29H30N2O3. The van der Waals surface area contributed by atoms with Crippen LogP contribution < -0.4 is 4.74 Å². The number of carboxylic acid groups (broad SMARTS) is 1. The topological polar surface area (TPSA) is 65.6 Å². The Kier molecular flexibility index (Phi) is 6.63. The summed E-state index contributed by atoms with van der Waals surface area (Å²) >= 11 is 0. The van der Waals surface area contributed by atoms with Crippen molar-refractivity contribution in [3.63, 3.8) is 0 Å². The number of ether oxygens (including phenoxy) is 1. The maximum absolute atomic E-state index is 12.4. The van der Waals surface area contributed by atoms with Gasteiger partial charge in [0, 0.05) is 28.7 Å². The van der Waals surface area contributed by atoms with Gasteiger partial charge < -0.3 is 14.8 Å². The fraction of sp³-hybridized carbons (Fsp3) is 0.276. The van der Waals surface area contributed by atoms with Crippen LogP contribution in [-0.4, -0.2) is 34.0 Å². The summed E-state index contributed by atoms with van der Waals surface area (Å²) in [7, 11) is 0. The summed E-state index contributed by atoms with van der Waals surface area (Å²) in [6.07, 6.45) is 4.93. The Hall–Kier alpha value is -3.57. The van der Waals surface area contributed by atoms with Crippen LogP contribution in [0.4, 0.5) is 0 Å². The van der Waals surface area contributed by atoms with E-state index in [0.29, 0.717) is 12.5 Å². The molecule has 0 aliphatic carbocycles. The third kappa shape index (κ3) is 5.00. The lowest BCUT2D eigenvalue weighted by molar-refractivity contribution is -0.144. The lowest BCUT2D eigenvalue weighted by atomic mass is 9.89. The number of hydrogen-bond acceptors (Lipinski definition) is 3. The van der Waals surface area contributed by atoms with E-state index in [-0.39, 0.29) is 0 Å². The Bertz CT molecular complexity index is 1230. The van der Waals surface area contributed by atoms with Crippen LogP contribution in [-0.2, 0) is 17.8 Å². The molecule has 1 fully saturated rings. The molecule has 5 rings (SSSR count). The van der Waals surface area contributed by atoms with Crippen LogP contribution in [0.1, 0.15) is 35.6 Å². The first kappa shape index (κ1) is 22.2. The second-order valence-electron chi connectivity index (χ2n) is 9.14. The highest BCUT2D eigenvalue weighted by atomic mass is 16.5. The molecule has 0 spiro atoms. The molecule has 0 unspecified atom stereocenters. The van der Waals surface area contributed by atoms with Gasteiger partial charge >= 0.3 is 5.97 Å². The van der Waals surface area contributed by atoms with E-state index in [0.717, 1.165) is 60.1 Å². The highest BCUT2D eigenvalue weighted by molar-refractivity contribution is 5.90. The standard InChI is InChI=1S/C29H30N2O3/c32-29(33)28(31-15-13-22(14-16-31)17-21-7-3-1-4-8-21)26-19-30-27-18-24(11-12-25(26)27)34-20-23-9-5-2-6-10-23/h1-12,18-19,22,28,30H,13-17,20H2,(H,32,33)/t28-/m1/s1. The van der Waals surface area contributed by atoms with Gasteiger partial charge in [0.15, 0.2) is 0 Å². The van der Waals surface area contributed by atoms with Crippen LogP contribution in [0.2, 0.25) is 0 Å². The maximum Gasteiger partial charge on any atom is 0.325 e. The van der Waals surface area contributed by atoms with Gasteiger partial charge in [-0.2, -0.15) is 0 Å². The van der Waals surface area contributed by atoms with Crippen molar-refractivity contribution in [3.8, 4) is 5.75 Å². The number of fused-ring (bicyclic) bond motifs is 1. The molecule has 1 aromatic heterocycles. The van der Waals surface area contributed by atoms with Crippen molar-refractivity contribution < 1.29 is 14.6 Å². The number of hydrogen-bond donors (Lipinski definition) is 2. The van der Waals surface area contributed by atoms with Crippen LogP contribution in [0.5, 0.6) is 5.75 Å². The van der Waals surface area contributed by atoms with Gasteiger partial charge in [-0.25, -0.2) is 0 Å². The highest BCUT2D eigenvalue weighted by Gasteiger charge is 2.32. The number of aliphatic carboxylic acids is 1. The molecule has 2 N–H and O–H groups in total. The Morgan fingerprint density at radius 3 is 2.32 bits per heavy atom. The predicted molar refractivity (Wildman–Crippen MR) is 134 cm³/mol. The number of H-pyrrole nitrogens is 1. The van der Waals surface area contributed by atoms with E-state index in [9.17, 15) is 9.90 Å². The summed E-state index contributed by atoms with van der Waals surface area (Å²) in [4.78, 5) is 17.7. The number of aromatic nitrogens is 1. The van der Waals surface area contributed by atoms with Crippen molar-refractivity contribution in [2.24, 2.45) is 5.92 Å². The average Bonchev–Trinajstić information content (AvgIpc) is 3.28. The second kappa shape index (κ2) is 10.1. The van der Waals surface area contributed by atoms with E-state index in [1.165, 1.54) is 5.56 Å². The van der Waals surface area contributed by atoms with Gasteiger partial charge in [-0.15, -0.1) is 0 Å². The van der Waals surface area contributed by atoms with Crippen LogP contribution >= 0.6 is 0 Å². The van der Waals surface area contributed by atoms with Crippen LogP contribution in [0, 0.1) is 5.92 Å². The first-order valence-corrected chi connectivity index (χ1v) is 12.0. The molecule has 1 atom stereocenters. The Morgan fingerprint density at radius 1 is 0.971 bits per heavy atom. The number of benzene rings is 3. The summed E-state index contributed by atoms with van der Waals surface area (Å²) in [5.41, 5.74) is 4.18. The number of rotatable bonds is 8. The summed E-state index contributed by atoms with van der Waals surface area (Å²) in [5, 5.41) is 11.1. The predicted octanol–water partition coefficient (Wildman–Crippen LogP) is 5.83. The number of nitrogens with one attached hydrogen (secondary N) is 1. The summed E-state index contributed by atoms with van der Waals surface area (Å²) in [6, 6.07) is 25.8. The minimum atomic E-state index is -0.799. The van der Waals surface area contributed by atoms with Crippen molar-refractivity contribution >= 4 is 16.9 Å². The largest absolute Gasteiger partial charge is 0.489 e. The van der Waals surface area contributed by atoms with Gasteiger partial charge in [-0.3, -0.25) is 9.69 Å². The lowest BCUT2D eigenvalue weighted by Crippen LogP contribution is -2.40. The fourth-order valence-corrected chi connectivity index (χ4v) is 5.03. The molecule has 174 valence electrons. The molecule has 0 saturated carbocycles. The zero-order chi connectivity index (χ0) is 23.3. The first-order chi connectivity index (χ1) is 16.7. The molecule has 2 heterocycles. The van der Waals surface area contributed by atoms with E-state index in [1.807, 2.05) is 60.8 Å². The molecule has 5 heteroatoms. The smallest absolute Gasteiger partial charge is 0.325 e. The van der Waals surface area contributed by atoms with Gasteiger partial charge in [0.2, 0.25) is 0 Å². The maximum atomic E-state index is 12.4. The zero-order valence-electron chi connectivity index (χ0n) is 19.2. The van der Waals surface area contributed by atoms with Gasteiger partial charge in [-0.05, 0) is 61.5 Å². The van der Waals surface area contributed by atoms with Gasteiger partial charge in [0.1, 0.15) is 18.4 Å². The molecular weight excluding hydrogens is 424 g/mol. The van der Waals surface area contributed by atoms with Crippen LogP contribution in [0.15, 0.2) is 85.1 Å². The van der Waals surface area contributed by atoms with E-state index in [4.69, 9.17) is 4.74 Å². The van der Waals surface area contributed by atoms with Crippen molar-refractivity contribution in [2.45, 2.75) is 31.9 Å². The van der Waals surface area contributed by atoms with Crippen molar-refractivity contribution in [1.29, 1.82) is 0 Å². The van der Waals surface area contributed by atoms with Crippen LogP contribution in [0.25, 0.3) is 10.9 Å². The van der Waals surface area contributed by atoms with E-state index in [2.05, 4.69) is 34.1 Å². The SMILES string of the molecule is O=C(O)[C@@H](c1c[nH]c2cc(OCc3ccccc3)ccc12)N1CCC(Cc2ccccc2)CC1. The minimum absolute atomic E-state index is 0.496. The molecule has 1 saturated heterocycles. The molecule has 1 aliphatic heterocycles. The number of carboxylic acids is 1.